The van der Waals surface area contributed by atoms with Crippen molar-refractivity contribution in [2.24, 2.45) is 5.14 Å². The van der Waals surface area contributed by atoms with Crippen LogP contribution >= 0.6 is 0 Å². The van der Waals surface area contributed by atoms with E-state index in [0.29, 0.717) is 6.42 Å². The van der Waals surface area contributed by atoms with Gasteiger partial charge in [-0.15, -0.1) is 0 Å². The molecule has 0 spiro atoms. The number of hydrogen-bond donors (Lipinski definition) is 1. The Morgan fingerprint density at radius 1 is 0.833 bits per heavy atom. The van der Waals surface area contributed by atoms with Gasteiger partial charge in [-0.05, 0) is 32.1 Å². The molecule has 0 aliphatic carbocycles. The molecule has 0 radical (unpaired) electrons. The predicted molar refractivity (Wildman–Crippen MR) is 98.7 cm³/mol. The summed E-state index contributed by atoms with van der Waals surface area (Å²) in [6, 6.07) is 0. The third-order valence-electron chi connectivity index (χ3n) is 3.85. The molecule has 6 heteroatoms. The van der Waals surface area contributed by atoms with Gasteiger partial charge in [0.25, 0.3) is 0 Å². The largest absolute Gasteiger partial charge is 0.382 e. The van der Waals surface area contributed by atoms with Gasteiger partial charge in [-0.2, -0.15) is 13.6 Å². The van der Waals surface area contributed by atoms with Crippen LogP contribution in [0, 0.1) is 0 Å². The van der Waals surface area contributed by atoms with Gasteiger partial charge < -0.3 is 4.18 Å². The first kappa shape index (κ1) is 23.1. The van der Waals surface area contributed by atoms with Gasteiger partial charge in [-0.25, -0.2) is 0 Å². The fraction of sp³-hybridized carbons (Fsp3) is 0.833. The van der Waals surface area contributed by atoms with Crippen LogP contribution in [-0.4, -0.2) is 14.4 Å². The van der Waals surface area contributed by atoms with Crippen LogP contribution in [0.3, 0.4) is 0 Å². The van der Waals surface area contributed by atoms with Crippen molar-refractivity contribution in [1.29, 1.82) is 0 Å². The molecule has 0 bridgehead atoms. The summed E-state index contributed by atoms with van der Waals surface area (Å²) in [4.78, 5) is 11.1. The Morgan fingerprint density at radius 2 is 1.29 bits per heavy atom. The maximum Gasteiger partial charge on any atom is 0.382 e. The standard InChI is InChI=1S/C18H35NO4S/c1-2-3-4-5-6-7-8-9-10-11-12-13-14-15-16-17-18(20)23-24(19,21)22/h9-10H,2-8,11-17H2,1H3,(H2,19,21,22). The summed E-state index contributed by atoms with van der Waals surface area (Å²) >= 11 is 0. The Bertz CT molecular complexity index is 432. The first-order valence-corrected chi connectivity index (χ1v) is 10.8. The van der Waals surface area contributed by atoms with Crippen LogP contribution < -0.4 is 5.14 Å². The predicted octanol–water partition coefficient (Wildman–Crippen LogP) is 4.77. The molecule has 0 rings (SSSR count). The van der Waals surface area contributed by atoms with Crippen LogP contribution in [-0.2, 0) is 19.3 Å². The Kier molecular flexibility index (Phi) is 15.1. The third-order valence-corrected chi connectivity index (χ3v) is 4.27. The molecular formula is C18H35NO4S. The second-order valence-electron chi connectivity index (χ2n) is 6.28. The molecule has 0 unspecified atom stereocenters. The molecule has 0 amide bonds. The summed E-state index contributed by atoms with van der Waals surface area (Å²) in [6.07, 6.45) is 19.9. The van der Waals surface area contributed by atoms with Crippen LogP contribution in [0.1, 0.15) is 96.8 Å². The minimum absolute atomic E-state index is 0.106. The number of carbonyl (C=O) groups is 1. The van der Waals surface area contributed by atoms with Crippen LogP contribution in [0.5, 0.6) is 0 Å². The summed E-state index contributed by atoms with van der Waals surface area (Å²) in [7, 11) is -4.15. The van der Waals surface area contributed by atoms with E-state index in [1.54, 1.807) is 0 Å². The van der Waals surface area contributed by atoms with Gasteiger partial charge in [0, 0.05) is 6.42 Å². The molecule has 24 heavy (non-hydrogen) atoms. The normalized spacial score (nSPS) is 11.9. The monoisotopic (exact) mass is 361 g/mol. The molecule has 0 aromatic rings. The van der Waals surface area contributed by atoms with Crippen LogP contribution in [0.15, 0.2) is 12.2 Å². The number of carbonyl (C=O) groups excluding carboxylic acids is 1. The summed E-state index contributed by atoms with van der Waals surface area (Å²) in [5.74, 6) is -0.768. The van der Waals surface area contributed by atoms with E-state index in [4.69, 9.17) is 0 Å². The lowest BCUT2D eigenvalue weighted by molar-refractivity contribution is -0.133. The number of allylic oxidation sites excluding steroid dienone is 2. The highest BCUT2D eigenvalue weighted by molar-refractivity contribution is 7.84. The van der Waals surface area contributed by atoms with Crippen LogP contribution in [0.4, 0.5) is 0 Å². The van der Waals surface area contributed by atoms with E-state index < -0.39 is 16.3 Å². The maximum atomic E-state index is 11.1. The zero-order chi connectivity index (χ0) is 18.1. The first-order chi connectivity index (χ1) is 11.5. The summed E-state index contributed by atoms with van der Waals surface area (Å²) < 4.78 is 25.1. The molecule has 0 heterocycles. The SMILES string of the molecule is CCCCCCCCC=CCCCCCCCC(=O)OS(N)(=O)=O. The molecule has 142 valence electrons. The summed E-state index contributed by atoms with van der Waals surface area (Å²) in [5, 5.41) is 4.62. The highest BCUT2D eigenvalue weighted by Gasteiger charge is 2.10. The molecule has 0 saturated carbocycles. The van der Waals surface area contributed by atoms with Gasteiger partial charge in [0.1, 0.15) is 0 Å². The average Bonchev–Trinajstić information content (AvgIpc) is 2.49. The Hall–Kier alpha value is -0.880. The number of nitrogens with two attached hydrogens (primary N) is 1. The Labute approximate surface area is 148 Å². The zero-order valence-electron chi connectivity index (χ0n) is 15.2. The van der Waals surface area contributed by atoms with E-state index in [1.807, 2.05) is 0 Å². The van der Waals surface area contributed by atoms with E-state index in [0.717, 1.165) is 32.1 Å². The summed E-state index contributed by atoms with van der Waals surface area (Å²) in [5.41, 5.74) is 0. The van der Waals surface area contributed by atoms with Crippen molar-refractivity contribution in [3.05, 3.63) is 12.2 Å². The van der Waals surface area contributed by atoms with Crippen molar-refractivity contribution in [2.45, 2.75) is 96.8 Å². The lowest BCUT2D eigenvalue weighted by Gasteiger charge is -2.01. The van der Waals surface area contributed by atoms with Gasteiger partial charge in [0.15, 0.2) is 0 Å². The molecule has 0 saturated heterocycles. The lowest BCUT2D eigenvalue weighted by Crippen LogP contribution is -2.20. The fourth-order valence-corrected chi connectivity index (χ4v) is 2.85. The molecule has 2 N–H and O–H groups in total. The average molecular weight is 362 g/mol. The molecule has 0 aliphatic rings. The van der Waals surface area contributed by atoms with E-state index in [9.17, 15) is 13.2 Å². The highest BCUT2D eigenvalue weighted by atomic mass is 32.2. The number of unbranched alkanes of at least 4 members (excludes halogenated alkanes) is 11. The maximum absolute atomic E-state index is 11.1. The van der Waals surface area contributed by atoms with Crippen molar-refractivity contribution in [1.82, 2.24) is 0 Å². The number of hydrogen-bond acceptors (Lipinski definition) is 4. The molecule has 0 fully saturated rings. The van der Waals surface area contributed by atoms with Crippen LogP contribution in [0.2, 0.25) is 0 Å². The highest BCUT2D eigenvalue weighted by Crippen LogP contribution is 2.10. The van der Waals surface area contributed by atoms with Gasteiger partial charge >= 0.3 is 16.3 Å². The van der Waals surface area contributed by atoms with Gasteiger partial charge in [-0.1, -0.05) is 70.4 Å². The van der Waals surface area contributed by atoms with E-state index in [2.05, 4.69) is 28.4 Å². The zero-order valence-corrected chi connectivity index (χ0v) is 16.0. The van der Waals surface area contributed by atoms with Crippen LogP contribution in [0.25, 0.3) is 0 Å². The molecule has 0 atom stereocenters. The molecule has 0 aromatic carbocycles. The van der Waals surface area contributed by atoms with Crippen molar-refractivity contribution in [3.63, 3.8) is 0 Å². The minimum atomic E-state index is -4.15. The van der Waals surface area contributed by atoms with Crippen molar-refractivity contribution >= 4 is 16.3 Å². The molecule has 0 aromatic heterocycles. The minimum Gasteiger partial charge on any atom is -0.334 e. The van der Waals surface area contributed by atoms with Gasteiger partial charge in [0.2, 0.25) is 0 Å². The first-order valence-electron chi connectivity index (χ1n) is 9.35. The molecule has 5 nitrogen and oxygen atoms in total. The smallest absolute Gasteiger partial charge is 0.334 e. The second kappa shape index (κ2) is 15.6. The Morgan fingerprint density at radius 3 is 1.79 bits per heavy atom. The van der Waals surface area contributed by atoms with Gasteiger partial charge in [-0.3, -0.25) is 4.79 Å². The van der Waals surface area contributed by atoms with Crippen molar-refractivity contribution in [3.8, 4) is 0 Å². The van der Waals surface area contributed by atoms with Crippen molar-refractivity contribution < 1.29 is 17.4 Å². The summed E-state index contributed by atoms with van der Waals surface area (Å²) in [6.45, 7) is 2.24. The number of rotatable bonds is 16. The fourth-order valence-electron chi connectivity index (χ4n) is 2.51. The molecule has 0 aliphatic heterocycles. The third kappa shape index (κ3) is 19.2. The topological polar surface area (TPSA) is 86.5 Å². The van der Waals surface area contributed by atoms with E-state index in [1.165, 1.54) is 44.9 Å². The lowest BCUT2D eigenvalue weighted by atomic mass is 10.1. The van der Waals surface area contributed by atoms with Crippen molar-refractivity contribution in [2.75, 3.05) is 0 Å². The second-order valence-corrected chi connectivity index (χ2v) is 7.43. The van der Waals surface area contributed by atoms with E-state index >= 15 is 0 Å². The quantitative estimate of drug-likeness (QED) is 0.317. The molecular weight excluding hydrogens is 326 g/mol. The van der Waals surface area contributed by atoms with E-state index in [-0.39, 0.29) is 6.42 Å². The Balaban J connectivity index is 3.27. The van der Waals surface area contributed by atoms with Gasteiger partial charge in [0.05, 0.1) is 0 Å².